The minimum atomic E-state index is -0.375. The van der Waals surface area contributed by atoms with Crippen molar-refractivity contribution in [2.24, 2.45) is 0 Å². The summed E-state index contributed by atoms with van der Waals surface area (Å²) in [7, 11) is 1.36. The molecule has 0 aromatic carbocycles. The Morgan fingerprint density at radius 1 is 1.63 bits per heavy atom. The second kappa shape index (κ2) is 5.99. The molecule has 0 radical (unpaired) electrons. The average molecular weight is 280 g/mol. The Labute approximate surface area is 115 Å². The summed E-state index contributed by atoms with van der Waals surface area (Å²) in [5.41, 5.74) is 0.473. The van der Waals surface area contributed by atoms with E-state index in [0.717, 1.165) is 5.01 Å². The van der Waals surface area contributed by atoms with E-state index in [0.29, 0.717) is 23.6 Å². The third kappa shape index (κ3) is 3.21. The molecule has 2 rings (SSSR count). The van der Waals surface area contributed by atoms with Crippen molar-refractivity contribution in [2.45, 2.75) is 26.4 Å². The quantitative estimate of drug-likeness (QED) is 0.853. The van der Waals surface area contributed by atoms with Crippen molar-refractivity contribution in [1.29, 1.82) is 0 Å². The van der Waals surface area contributed by atoms with Gasteiger partial charge in [0.2, 0.25) is 0 Å². The molecule has 0 bridgehead atoms. The van der Waals surface area contributed by atoms with Gasteiger partial charge in [-0.2, -0.15) is 0 Å². The van der Waals surface area contributed by atoms with Gasteiger partial charge in [0, 0.05) is 11.6 Å². The van der Waals surface area contributed by atoms with Crippen molar-refractivity contribution in [2.75, 3.05) is 7.11 Å². The summed E-state index contributed by atoms with van der Waals surface area (Å²) < 4.78 is 10.2. The van der Waals surface area contributed by atoms with Gasteiger partial charge in [-0.25, -0.2) is 9.78 Å². The maximum absolute atomic E-state index is 11.5. The fraction of sp³-hybridized carbons (Fsp3) is 0.385. The largest absolute Gasteiger partial charge is 0.465 e. The summed E-state index contributed by atoms with van der Waals surface area (Å²) in [6, 6.07) is 1.86. The topological polar surface area (TPSA) is 64.4 Å². The highest BCUT2D eigenvalue weighted by molar-refractivity contribution is 7.09. The van der Waals surface area contributed by atoms with Crippen LogP contribution in [-0.2, 0) is 11.3 Å². The number of rotatable bonds is 5. The number of carbonyl (C=O) groups excluding carboxylic acids is 1. The van der Waals surface area contributed by atoms with E-state index >= 15 is 0 Å². The Balaban J connectivity index is 1.98. The van der Waals surface area contributed by atoms with Gasteiger partial charge in [0.15, 0.2) is 0 Å². The van der Waals surface area contributed by atoms with Crippen LogP contribution in [-0.4, -0.2) is 18.1 Å². The summed E-state index contributed by atoms with van der Waals surface area (Å²) >= 11 is 1.60. The molecule has 19 heavy (non-hydrogen) atoms. The third-order valence-electron chi connectivity index (χ3n) is 2.78. The molecule has 0 saturated carbocycles. The fourth-order valence-electron chi connectivity index (χ4n) is 1.73. The molecule has 2 heterocycles. The summed E-state index contributed by atoms with van der Waals surface area (Å²) in [6.07, 6.45) is 1.78. The van der Waals surface area contributed by atoms with Crippen LogP contribution in [0.3, 0.4) is 0 Å². The number of thiazole rings is 1. The van der Waals surface area contributed by atoms with Gasteiger partial charge in [0.25, 0.3) is 0 Å². The SMILES string of the molecule is COC(=O)c1cc(CNC(C)c2nccs2)oc1C. The van der Waals surface area contributed by atoms with Crippen molar-refractivity contribution in [3.63, 3.8) is 0 Å². The van der Waals surface area contributed by atoms with Crippen molar-refractivity contribution >= 4 is 17.3 Å². The first-order chi connectivity index (χ1) is 9.11. The minimum Gasteiger partial charge on any atom is -0.465 e. The number of aromatic nitrogens is 1. The van der Waals surface area contributed by atoms with Gasteiger partial charge in [-0.05, 0) is 19.9 Å². The van der Waals surface area contributed by atoms with E-state index in [1.54, 1.807) is 30.5 Å². The lowest BCUT2D eigenvalue weighted by atomic mass is 10.2. The molecule has 1 N–H and O–H groups in total. The van der Waals surface area contributed by atoms with Gasteiger partial charge in [-0.1, -0.05) is 0 Å². The van der Waals surface area contributed by atoms with Gasteiger partial charge < -0.3 is 14.5 Å². The number of aryl methyl sites for hydroxylation is 1. The van der Waals surface area contributed by atoms with Crippen molar-refractivity contribution in [3.05, 3.63) is 39.7 Å². The number of esters is 1. The van der Waals surface area contributed by atoms with E-state index in [1.807, 2.05) is 12.3 Å². The van der Waals surface area contributed by atoms with Crippen LogP contribution in [0.5, 0.6) is 0 Å². The summed E-state index contributed by atoms with van der Waals surface area (Å²) in [5, 5.41) is 6.27. The fourth-order valence-corrected chi connectivity index (χ4v) is 2.40. The number of ether oxygens (including phenoxy) is 1. The van der Waals surface area contributed by atoms with E-state index in [1.165, 1.54) is 7.11 Å². The smallest absolute Gasteiger partial charge is 0.341 e. The van der Waals surface area contributed by atoms with Crippen LogP contribution in [0.25, 0.3) is 0 Å². The van der Waals surface area contributed by atoms with Gasteiger partial charge in [0.05, 0.1) is 19.7 Å². The molecule has 2 aromatic rings. The Kier molecular flexibility index (Phi) is 4.34. The molecule has 0 aliphatic rings. The number of hydrogen-bond donors (Lipinski definition) is 1. The normalized spacial score (nSPS) is 12.4. The van der Waals surface area contributed by atoms with Gasteiger partial charge in [0.1, 0.15) is 22.1 Å². The van der Waals surface area contributed by atoms with Crippen LogP contribution in [0.1, 0.15) is 39.9 Å². The number of carbonyl (C=O) groups is 1. The van der Waals surface area contributed by atoms with E-state index < -0.39 is 0 Å². The molecule has 6 heteroatoms. The first-order valence-corrected chi connectivity index (χ1v) is 6.80. The maximum atomic E-state index is 11.5. The third-order valence-corrected chi connectivity index (χ3v) is 3.74. The average Bonchev–Trinajstić information content (AvgIpc) is 3.04. The number of methoxy groups -OCH3 is 1. The van der Waals surface area contributed by atoms with Crippen LogP contribution >= 0.6 is 11.3 Å². The number of furan rings is 1. The molecular weight excluding hydrogens is 264 g/mol. The Hall–Kier alpha value is -1.66. The van der Waals surface area contributed by atoms with Crippen LogP contribution < -0.4 is 5.32 Å². The highest BCUT2D eigenvalue weighted by Gasteiger charge is 2.16. The van der Waals surface area contributed by atoms with Crippen LogP contribution in [0, 0.1) is 6.92 Å². The van der Waals surface area contributed by atoms with E-state index in [4.69, 9.17) is 4.42 Å². The standard InChI is InChI=1S/C13H16N2O3S/c1-8(12-14-4-5-19-12)15-7-10-6-11(9(2)18-10)13(16)17-3/h4-6,8,15H,7H2,1-3H3. The molecule has 102 valence electrons. The Morgan fingerprint density at radius 2 is 2.42 bits per heavy atom. The second-order valence-electron chi connectivity index (χ2n) is 4.15. The van der Waals surface area contributed by atoms with E-state index in [9.17, 15) is 4.79 Å². The summed E-state index contributed by atoms with van der Waals surface area (Å²) in [6.45, 7) is 4.33. The number of nitrogens with zero attached hydrogens (tertiary/aromatic N) is 1. The number of nitrogens with one attached hydrogen (secondary N) is 1. The maximum Gasteiger partial charge on any atom is 0.341 e. The first kappa shape index (κ1) is 13.8. The molecule has 2 aromatic heterocycles. The Bertz CT molecular complexity index is 548. The molecule has 1 unspecified atom stereocenters. The highest BCUT2D eigenvalue weighted by atomic mass is 32.1. The zero-order valence-corrected chi connectivity index (χ0v) is 11.9. The highest BCUT2D eigenvalue weighted by Crippen LogP contribution is 2.18. The predicted octanol–water partition coefficient (Wildman–Crippen LogP) is 2.68. The molecule has 0 saturated heterocycles. The molecule has 0 spiro atoms. The van der Waals surface area contributed by atoms with Crippen LogP contribution in [0.2, 0.25) is 0 Å². The minimum absolute atomic E-state index is 0.145. The molecule has 0 aliphatic heterocycles. The predicted molar refractivity (Wildman–Crippen MR) is 72.2 cm³/mol. The van der Waals surface area contributed by atoms with Crippen molar-refractivity contribution < 1.29 is 13.9 Å². The Morgan fingerprint density at radius 3 is 3.05 bits per heavy atom. The lowest BCUT2D eigenvalue weighted by Crippen LogP contribution is -2.17. The van der Waals surface area contributed by atoms with E-state index in [-0.39, 0.29) is 12.0 Å². The van der Waals surface area contributed by atoms with Crippen LogP contribution in [0.4, 0.5) is 0 Å². The van der Waals surface area contributed by atoms with E-state index in [2.05, 4.69) is 15.0 Å². The van der Waals surface area contributed by atoms with Gasteiger partial charge in [-0.15, -0.1) is 11.3 Å². The van der Waals surface area contributed by atoms with Crippen LogP contribution in [0.15, 0.2) is 22.1 Å². The zero-order valence-electron chi connectivity index (χ0n) is 11.1. The molecule has 0 aliphatic carbocycles. The van der Waals surface area contributed by atoms with Gasteiger partial charge >= 0.3 is 5.97 Å². The van der Waals surface area contributed by atoms with Crippen molar-refractivity contribution in [1.82, 2.24) is 10.3 Å². The summed E-state index contributed by atoms with van der Waals surface area (Å²) in [4.78, 5) is 15.7. The lowest BCUT2D eigenvalue weighted by Gasteiger charge is -2.08. The zero-order chi connectivity index (χ0) is 13.8. The summed E-state index contributed by atoms with van der Waals surface area (Å²) in [5.74, 6) is 0.910. The first-order valence-electron chi connectivity index (χ1n) is 5.92. The van der Waals surface area contributed by atoms with Gasteiger partial charge in [-0.3, -0.25) is 0 Å². The molecular formula is C13H16N2O3S. The monoisotopic (exact) mass is 280 g/mol. The molecule has 0 amide bonds. The molecule has 5 nitrogen and oxygen atoms in total. The number of hydrogen-bond acceptors (Lipinski definition) is 6. The second-order valence-corrected chi connectivity index (χ2v) is 5.07. The molecule has 1 atom stereocenters. The lowest BCUT2D eigenvalue weighted by molar-refractivity contribution is 0.0599. The van der Waals surface area contributed by atoms with Crippen molar-refractivity contribution in [3.8, 4) is 0 Å². The molecule has 0 fully saturated rings.